The molecule has 9 heteroatoms. The number of aldehydes is 1. The van der Waals surface area contributed by atoms with E-state index in [1.54, 1.807) is 25.2 Å². The number of aliphatic hydroxyl groups excluding tert-OH is 1. The van der Waals surface area contributed by atoms with E-state index in [1.807, 2.05) is 31.2 Å². The number of rotatable bonds is 6. The van der Waals surface area contributed by atoms with Gasteiger partial charge in [-0.15, -0.1) is 5.69 Å². The molecule has 4 rings (SSSR count). The second-order valence-corrected chi connectivity index (χ2v) is 7.37. The van der Waals surface area contributed by atoms with Crippen molar-refractivity contribution in [2.45, 2.75) is 32.3 Å². The van der Waals surface area contributed by atoms with Crippen LogP contribution >= 0.6 is 0 Å². The first kappa shape index (κ1) is 26.7. The Kier molecular flexibility index (Phi) is 10.2. The van der Waals surface area contributed by atoms with Gasteiger partial charge in [0.1, 0.15) is 6.29 Å². The van der Waals surface area contributed by atoms with Crippen LogP contribution in [-0.4, -0.2) is 36.1 Å². The molecule has 0 saturated heterocycles. The summed E-state index contributed by atoms with van der Waals surface area (Å²) in [6.07, 6.45) is 1.65. The predicted octanol–water partition coefficient (Wildman–Crippen LogP) is 3.94. The molecule has 171 valence electrons. The summed E-state index contributed by atoms with van der Waals surface area (Å²) >= 11 is 0. The Morgan fingerprint density at radius 2 is 1.97 bits per heavy atom. The van der Waals surface area contributed by atoms with Crippen molar-refractivity contribution in [1.82, 2.24) is 10.3 Å². The molecule has 1 amide bonds. The number of nitrogens with zero attached hydrogens (tertiary/aromatic N) is 1. The number of benzene rings is 2. The van der Waals surface area contributed by atoms with Crippen LogP contribution in [0.1, 0.15) is 35.6 Å². The van der Waals surface area contributed by atoms with Gasteiger partial charge < -0.3 is 30.4 Å². The maximum atomic E-state index is 11.4. The molecule has 2 heterocycles. The number of ether oxygens (including phenoxy) is 2. The van der Waals surface area contributed by atoms with E-state index in [2.05, 4.69) is 10.3 Å². The van der Waals surface area contributed by atoms with E-state index in [0.717, 1.165) is 39.8 Å². The number of nitrogens with one attached hydrogen (secondary N) is 2. The average Bonchev–Trinajstić information content (AvgIpc) is 3.27. The van der Waals surface area contributed by atoms with Crippen molar-refractivity contribution in [3.63, 3.8) is 0 Å². The van der Waals surface area contributed by atoms with Crippen molar-refractivity contribution >= 4 is 28.8 Å². The molecule has 3 aromatic rings. The fourth-order valence-electron chi connectivity index (χ4n) is 3.40. The zero-order chi connectivity index (χ0) is 23.1. The number of aromatic nitrogens is 1. The minimum Gasteiger partial charge on any atom is -0.699 e. The van der Waals surface area contributed by atoms with Gasteiger partial charge in [0.2, 0.25) is 12.7 Å². The number of hydrogen-bond donors (Lipinski definition) is 2. The van der Waals surface area contributed by atoms with E-state index in [0.29, 0.717) is 24.3 Å². The number of amides is 1. The smallest absolute Gasteiger partial charge is 0.231 e. The Morgan fingerprint density at radius 1 is 1.21 bits per heavy atom. The van der Waals surface area contributed by atoms with Crippen LogP contribution in [-0.2, 0) is 48.9 Å². The van der Waals surface area contributed by atoms with Crippen LogP contribution in [0.25, 0.3) is 16.6 Å². The average molecular weight is 525 g/mol. The normalized spacial score (nSPS) is 12.2. The van der Waals surface area contributed by atoms with Crippen molar-refractivity contribution in [2.24, 2.45) is 0 Å². The van der Waals surface area contributed by atoms with E-state index in [4.69, 9.17) is 15.2 Å². The van der Waals surface area contributed by atoms with E-state index < -0.39 is 0 Å². The Balaban J connectivity index is 0.000000291. The topological polar surface area (TPSA) is 122 Å². The molecule has 1 aromatic heterocycles. The van der Waals surface area contributed by atoms with Gasteiger partial charge in [0.15, 0.2) is 11.5 Å². The summed E-state index contributed by atoms with van der Waals surface area (Å²) in [7, 11) is 1.58. The van der Waals surface area contributed by atoms with Gasteiger partial charge in [-0.25, -0.2) is 0 Å². The summed E-state index contributed by atoms with van der Waals surface area (Å²) in [6, 6.07) is 12.6. The molecule has 1 aliphatic rings. The largest absolute Gasteiger partial charge is 0.699 e. The van der Waals surface area contributed by atoms with Crippen LogP contribution in [0.3, 0.4) is 0 Å². The van der Waals surface area contributed by atoms with Gasteiger partial charge in [-0.2, -0.15) is 0 Å². The number of hydrogen-bond acceptors (Lipinski definition) is 6. The zero-order valence-electron chi connectivity index (χ0n) is 18.6. The monoisotopic (exact) mass is 525 g/mol. The minimum absolute atomic E-state index is 0. The molecule has 8 nitrogen and oxygen atoms in total. The van der Waals surface area contributed by atoms with Crippen LogP contribution < -0.4 is 14.8 Å². The number of pyridine rings is 1. The number of fused-ring (bicyclic) bond motifs is 2. The molecular weight excluding hydrogens is 499 g/mol. The Bertz CT molecular complexity index is 1120. The van der Waals surface area contributed by atoms with Gasteiger partial charge in [0, 0.05) is 63.2 Å². The molecule has 0 saturated carbocycles. The Labute approximate surface area is 217 Å². The first-order valence-corrected chi connectivity index (χ1v) is 10.2. The third-order valence-corrected chi connectivity index (χ3v) is 5.19. The summed E-state index contributed by atoms with van der Waals surface area (Å²) < 4.78 is 10.1. The molecule has 0 spiro atoms. The molecule has 1 unspecified atom stereocenters. The second-order valence-electron chi connectivity index (χ2n) is 7.37. The maximum Gasteiger partial charge on any atom is 0.231 e. The van der Waals surface area contributed by atoms with Crippen molar-refractivity contribution < 1.29 is 56.9 Å². The molecule has 1 atom stereocenters. The van der Waals surface area contributed by atoms with Gasteiger partial charge in [-0.05, 0) is 48.7 Å². The summed E-state index contributed by atoms with van der Waals surface area (Å²) in [5.41, 5.74) is 10.9. The molecule has 1 aliphatic heterocycles. The van der Waals surface area contributed by atoms with Crippen LogP contribution in [0.5, 0.6) is 11.5 Å². The minimum atomic E-state index is -0.341. The van der Waals surface area contributed by atoms with Crippen LogP contribution in [0.2, 0.25) is 0 Å². The van der Waals surface area contributed by atoms with Gasteiger partial charge in [0.25, 0.3) is 0 Å². The van der Waals surface area contributed by atoms with E-state index in [9.17, 15) is 14.7 Å². The summed E-state index contributed by atoms with van der Waals surface area (Å²) in [5.74, 6) is 0.987. The maximum absolute atomic E-state index is 11.4. The van der Waals surface area contributed by atoms with Crippen LogP contribution in [0, 0.1) is 6.92 Å². The third kappa shape index (κ3) is 6.97. The van der Waals surface area contributed by atoms with Crippen molar-refractivity contribution in [3.8, 4) is 11.5 Å². The summed E-state index contributed by atoms with van der Waals surface area (Å²) in [6.45, 7) is 2.11. The first-order chi connectivity index (χ1) is 15.4. The standard InChI is InChI=1S/C17H20N2O3.C7H6NO2.Y/c1-11-15(14(10-21)5-6-17(22)18-2)8-13-4-3-12(9-20)7-16(13)19-11;8-5-1-2-6-7(3-5)10-4-9-6;/h3-4,7-8,10,14,20H,5-6,9H2,1-2H3,(H,18,22);1-3,8H,4H2;/q;-1;. The Morgan fingerprint density at radius 3 is 2.67 bits per heavy atom. The number of aryl methyl sites for hydroxylation is 1. The number of aliphatic hydroxyl groups is 1. The van der Waals surface area contributed by atoms with Gasteiger partial charge in [0.05, 0.1) is 12.1 Å². The summed E-state index contributed by atoms with van der Waals surface area (Å²) in [4.78, 5) is 27.3. The quantitative estimate of drug-likeness (QED) is 0.471. The van der Waals surface area contributed by atoms with Crippen LogP contribution in [0.4, 0.5) is 5.69 Å². The van der Waals surface area contributed by atoms with E-state index in [-0.39, 0.29) is 57.9 Å². The van der Waals surface area contributed by atoms with Crippen molar-refractivity contribution in [1.29, 1.82) is 0 Å². The van der Waals surface area contributed by atoms with Gasteiger partial charge in [-0.1, -0.05) is 18.2 Å². The Hall–Kier alpha value is -2.55. The number of carbonyl (C=O) groups excluding carboxylic acids is 2. The summed E-state index contributed by atoms with van der Waals surface area (Å²) in [5, 5.41) is 12.7. The van der Waals surface area contributed by atoms with Crippen LogP contribution in [0.15, 0.2) is 42.5 Å². The molecule has 33 heavy (non-hydrogen) atoms. The molecule has 0 aliphatic carbocycles. The van der Waals surface area contributed by atoms with Crippen molar-refractivity contribution in [3.05, 3.63) is 65.0 Å². The molecule has 1 radical (unpaired) electrons. The predicted molar refractivity (Wildman–Crippen MR) is 121 cm³/mol. The van der Waals surface area contributed by atoms with Crippen molar-refractivity contribution in [2.75, 3.05) is 13.8 Å². The fraction of sp³-hybridized carbons (Fsp3) is 0.292. The SMILES string of the molecule is CNC(=O)CCC(C=O)c1cc2ccc(CO)cc2nc1C.[NH-]c1ccc2c(c1)OCO2.[Y]. The molecule has 0 fully saturated rings. The molecule has 2 aromatic carbocycles. The molecule has 0 bridgehead atoms. The van der Waals surface area contributed by atoms with Gasteiger partial charge >= 0.3 is 0 Å². The van der Waals surface area contributed by atoms with E-state index >= 15 is 0 Å². The zero-order valence-corrected chi connectivity index (χ0v) is 21.5. The number of carbonyl (C=O) groups is 2. The first-order valence-electron chi connectivity index (χ1n) is 10.2. The second kappa shape index (κ2) is 12.6. The molecular formula is C24H26N3O5Y-. The molecule has 3 N–H and O–H groups in total. The van der Waals surface area contributed by atoms with E-state index in [1.165, 1.54) is 0 Å². The van der Waals surface area contributed by atoms with Gasteiger partial charge in [-0.3, -0.25) is 9.78 Å². The fourth-order valence-corrected chi connectivity index (χ4v) is 3.40. The third-order valence-electron chi connectivity index (χ3n) is 5.19.